The molecule has 0 fully saturated rings. The molecule has 1 aromatic carbocycles. The van der Waals surface area contributed by atoms with E-state index in [1.165, 1.54) is 11.9 Å². The van der Waals surface area contributed by atoms with Crippen LogP contribution in [-0.2, 0) is 6.42 Å². The molecule has 0 saturated carbocycles. The molecule has 0 aliphatic rings. The number of benzene rings is 1. The van der Waals surface area contributed by atoms with Crippen LogP contribution in [0, 0.1) is 0 Å². The molecule has 2 N–H and O–H groups in total. The Hall–Kier alpha value is -2.10. The minimum atomic E-state index is 0.457. The number of methoxy groups -OCH3 is 1. The summed E-state index contributed by atoms with van der Waals surface area (Å²) in [5, 5.41) is 0. The Morgan fingerprint density at radius 1 is 1.24 bits per heavy atom. The van der Waals surface area contributed by atoms with Crippen molar-refractivity contribution in [3.63, 3.8) is 0 Å². The van der Waals surface area contributed by atoms with Gasteiger partial charge in [0, 0.05) is 11.6 Å². The van der Waals surface area contributed by atoms with Crippen LogP contribution in [0.25, 0.3) is 11.3 Å². The van der Waals surface area contributed by atoms with Gasteiger partial charge in [-0.2, -0.15) is 0 Å². The highest BCUT2D eigenvalue weighted by Gasteiger charge is 2.08. The van der Waals surface area contributed by atoms with Crippen LogP contribution in [0.1, 0.15) is 12.5 Å². The number of aryl methyl sites for hydroxylation is 1. The number of anilines is 1. The SMILES string of the molecule is CCc1ccc(OC)c(-c2cc(N)ncn2)c1. The Labute approximate surface area is 100 Å². The molecule has 4 nitrogen and oxygen atoms in total. The van der Waals surface area contributed by atoms with E-state index in [1.807, 2.05) is 12.1 Å². The summed E-state index contributed by atoms with van der Waals surface area (Å²) in [4.78, 5) is 8.11. The average molecular weight is 229 g/mol. The molecule has 0 unspecified atom stereocenters. The molecular formula is C13H15N3O. The van der Waals surface area contributed by atoms with Gasteiger partial charge in [-0.25, -0.2) is 9.97 Å². The molecular weight excluding hydrogens is 214 g/mol. The van der Waals surface area contributed by atoms with Crippen LogP contribution in [0.5, 0.6) is 5.75 Å². The Kier molecular flexibility index (Phi) is 3.23. The lowest BCUT2D eigenvalue weighted by Crippen LogP contribution is -1.95. The van der Waals surface area contributed by atoms with Gasteiger partial charge in [0.05, 0.1) is 12.8 Å². The Bertz CT molecular complexity index is 526. The molecule has 1 heterocycles. The molecule has 0 atom stereocenters. The second-order valence-electron chi connectivity index (χ2n) is 3.72. The summed E-state index contributed by atoms with van der Waals surface area (Å²) in [5.74, 6) is 1.25. The van der Waals surface area contributed by atoms with E-state index in [-0.39, 0.29) is 0 Å². The van der Waals surface area contributed by atoms with Crippen molar-refractivity contribution in [1.82, 2.24) is 9.97 Å². The van der Waals surface area contributed by atoms with Crippen molar-refractivity contribution < 1.29 is 4.74 Å². The van der Waals surface area contributed by atoms with E-state index in [1.54, 1.807) is 13.2 Å². The monoisotopic (exact) mass is 229 g/mol. The molecule has 2 rings (SSSR count). The molecule has 0 amide bonds. The first-order chi connectivity index (χ1) is 8.24. The third-order valence-corrected chi connectivity index (χ3v) is 2.64. The van der Waals surface area contributed by atoms with Crippen LogP contribution in [0.15, 0.2) is 30.6 Å². The third kappa shape index (κ3) is 2.36. The number of nitrogens with two attached hydrogens (primary N) is 1. The number of hydrogen-bond donors (Lipinski definition) is 1. The van der Waals surface area contributed by atoms with Gasteiger partial charge in [0.15, 0.2) is 0 Å². The van der Waals surface area contributed by atoms with Crippen LogP contribution in [0.3, 0.4) is 0 Å². The van der Waals surface area contributed by atoms with Crippen molar-refractivity contribution in [2.24, 2.45) is 0 Å². The van der Waals surface area contributed by atoms with E-state index in [0.29, 0.717) is 5.82 Å². The largest absolute Gasteiger partial charge is 0.496 e. The maximum atomic E-state index is 5.67. The predicted octanol–water partition coefficient (Wildman–Crippen LogP) is 2.30. The Balaban J connectivity index is 2.56. The van der Waals surface area contributed by atoms with Crippen LogP contribution in [0.2, 0.25) is 0 Å². The number of aromatic nitrogens is 2. The lowest BCUT2D eigenvalue weighted by molar-refractivity contribution is 0.416. The van der Waals surface area contributed by atoms with E-state index in [4.69, 9.17) is 10.5 Å². The lowest BCUT2D eigenvalue weighted by Gasteiger charge is -2.09. The first-order valence-electron chi connectivity index (χ1n) is 5.49. The number of rotatable bonds is 3. The number of ether oxygens (including phenoxy) is 1. The molecule has 17 heavy (non-hydrogen) atoms. The quantitative estimate of drug-likeness (QED) is 0.877. The van der Waals surface area contributed by atoms with Crippen LogP contribution < -0.4 is 10.5 Å². The molecule has 0 bridgehead atoms. The van der Waals surface area contributed by atoms with E-state index in [0.717, 1.165) is 23.4 Å². The van der Waals surface area contributed by atoms with E-state index in [9.17, 15) is 0 Å². The molecule has 2 aromatic rings. The van der Waals surface area contributed by atoms with Crippen molar-refractivity contribution in [3.8, 4) is 17.0 Å². The topological polar surface area (TPSA) is 61.0 Å². The third-order valence-electron chi connectivity index (χ3n) is 2.64. The molecule has 4 heteroatoms. The smallest absolute Gasteiger partial charge is 0.128 e. The fraction of sp³-hybridized carbons (Fsp3) is 0.231. The predicted molar refractivity (Wildman–Crippen MR) is 67.8 cm³/mol. The summed E-state index contributed by atoms with van der Waals surface area (Å²) in [6, 6.07) is 7.82. The number of hydrogen-bond acceptors (Lipinski definition) is 4. The zero-order valence-electron chi connectivity index (χ0n) is 9.97. The average Bonchev–Trinajstić information content (AvgIpc) is 2.38. The summed E-state index contributed by atoms with van der Waals surface area (Å²) in [7, 11) is 1.65. The van der Waals surface area contributed by atoms with Gasteiger partial charge in [-0.3, -0.25) is 0 Å². The minimum Gasteiger partial charge on any atom is -0.496 e. The highest BCUT2D eigenvalue weighted by molar-refractivity contribution is 5.69. The van der Waals surface area contributed by atoms with E-state index >= 15 is 0 Å². The van der Waals surface area contributed by atoms with Crippen molar-refractivity contribution in [1.29, 1.82) is 0 Å². The normalized spacial score (nSPS) is 10.2. The summed E-state index contributed by atoms with van der Waals surface area (Å²) in [5.41, 5.74) is 8.63. The summed E-state index contributed by atoms with van der Waals surface area (Å²) in [6.45, 7) is 2.11. The second-order valence-corrected chi connectivity index (χ2v) is 3.72. The van der Waals surface area contributed by atoms with Crippen LogP contribution in [0.4, 0.5) is 5.82 Å². The van der Waals surface area contributed by atoms with Gasteiger partial charge in [0.2, 0.25) is 0 Å². The second kappa shape index (κ2) is 4.82. The highest BCUT2D eigenvalue weighted by atomic mass is 16.5. The van der Waals surface area contributed by atoms with E-state index < -0.39 is 0 Å². The molecule has 1 aromatic heterocycles. The van der Waals surface area contributed by atoms with Gasteiger partial charge in [-0.15, -0.1) is 0 Å². The minimum absolute atomic E-state index is 0.457. The standard InChI is InChI=1S/C13H15N3O/c1-3-9-4-5-12(17-2)10(6-9)11-7-13(14)16-8-15-11/h4-8H,3H2,1-2H3,(H2,14,15,16). The van der Waals surface area contributed by atoms with Crippen LogP contribution in [-0.4, -0.2) is 17.1 Å². The molecule has 88 valence electrons. The van der Waals surface area contributed by atoms with Crippen molar-refractivity contribution in [2.45, 2.75) is 13.3 Å². The summed E-state index contributed by atoms with van der Waals surface area (Å²) >= 11 is 0. The molecule has 0 aliphatic heterocycles. The molecule has 0 aliphatic carbocycles. The maximum absolute atomic E-state index is 5.67. The van der Waals surface area contributed by atoms with Gasteiger partial charge in [0.1, 0.15) is 17.9 Å². The maximum Gasteiger partial charge on any atom is 0.128 e. The number of nitrogen functional groups attached to an aromatic ring is 1. The first kappa shape index (κ1) is 11.4. The zero-order valence-corrected chi connectivity index (χ0v) is 9.97. The summed E-state index contributed by atoms with van der Waals surface area (Å²) < 4.78 is 5.34. The first-order valence-corrected chi connectivity index (χ1v) is 5.49. The highest BCUT2D eigenvalue weighted by Crippen LogP contribution is 2.30. The fourth-order valence-electron chi connectivity index (χ4n) is 1.69. The van der Waals surface area contributed by atoms with Gasteiger partial charge >= 0.3 is 0 Å². The van der Waals surface area contributed by atoms with Crippen LogP contribution >= 0.6 is 0 Å². The van der Waals surface area contributed by atoms with Gasteiger partial charge < -0.3 is 10.5 Å². The lowest BCUT2D eigenvalue weighted by atomic mass is 10.0. The fourth-order valence-corrected chi connectivity index (χ4v) is 1.69. The molecule has 0 spiro atoms. The molecule has 0 radical (unpaired) electrons. The van der Waals surface area contributed by atoms with Gasteiger partial charge in [-0.05, 0) is 24.1 Å². The van der Waals surface area contributed by atoms with Gasteiger partial charge in [0.25, 0.3) is 0 Å². The summed E-state index contributed by atoms with van der Waals surface area (Å²) in [6.07, 6.45) is 2.43. The number of nitrogens with zero attached hydrogens (tertiary/aromatic N) is 2. The Morgan fingerprint density at radius 3 is 2.71 bits per heavy atom. The van der Waals surface area contributed by atoms with E-state index in [2.05, 4.69) is 23.0 Å². The van der Waals surface area contributed by atoms with Gasteiger partial charge in [-0.1, -0.05) is 13.0 Å². The zero-order chi connectivity index (χ0) is 12.3. The van der Waals surface area contributed by atoms with Crippen molar-refractivity contribution in [3.05, 3.63) is 36.2 Å². The van der Waals surface area contributed by atoms with Crippen molar-refractivity contribution in [2.75, 3.05) is 12.8 Å². The van der Waals surface area contributed by atoms with Crippen molar-refractivity contribution >= 4 is 5.82 Å². The Morgan fingerprint density at radius 2 is 2.06 bits per heavy atom. The molecule has 0 saturated heterocycles.